The molecule has 0 bridgehead atoms. The van der Waals surface area contributed by atoms with Crippen molar-refractivity contribution in [3.05, 3.63) is 42.5 Å². The number of nitrogens with one attached hydrogen (secondary N) is 1. The molecule has 6 rings (SSSR count). The Bertz CT molecular complexity index is 1570. The van der Waals surface area contributed by atoms with Crippen LogP contribution in [0.2, 0.25) is 0 Å². The molecule has 4 aromatic rings. The lowest BCUT2D eigenvalue weighted by atomic mass is 10.0. The zero-order valence-corrected chi connectivity index (χ0v) is 20.1. The van der Waals surface area contributed by atoms with Gasteiger partial charge in [-0.2, -0.15) is 13.5 Å². The molecule has 2 saturated heterocycles. The number of carbonyl (C=O) groups excluding carboxylic acids is 1. The van der Waals surface area contributed by atoms with E-state index in [0.717, 1.165) is 34.4 Å². The SMILES string of the molecule is O=CN1CCN(C=S(=O)=O)CC1c1nc2c(N3CCOCC3)nccn2c1-c1cccc2[nH]ncc12. The van der Waals surface area contributed by atoms with Gasteiger partial charge in [-0.1, -0.05) is 12.1 Å². The van der Waals surface area contributed by atoms with Crippen molar-refractivity contribution in [3.63, 3.8) is 0 Å². The molecular formula is C23H24N8O4S. The monoisotopic (exact) mass is 508 g/mol. The fraction of sp³-hybridized carbons (Fsp3) is 0.348. The van der Waals surface area contributed by atoms with E-state index in [-0.39, 0.29) is 0 Å². The number of hydrogen-bond donors (Lipinski definition) is 1. The molecule has 0 saturated carbocycles. The maximum atomic E-state index is 12.1. The first-order valence-electron chi connectivity index (χ1n) is 11.6. The molecule has 0 radical (unpaired) electrons. The quantitative estimate of drug-likeness (QED) is 0.304. The highest BCUT2D eigenvalue weighted by molar-refractivity contribution is 7.71. The highest BCUT2D eigenvalue weighted by atomic mass is 32.2. The van der Waals surface area contributed by atoms with Gasteiger partial charge in [0, 0.05) is 56.1 Å². The lowest BCUT2D eigenvalue weighted by Gasteiger charge is -2.37. The summed E-state index contributed by atoms with van der Waals surface area (Å²) in [6, 6.07) is 5.44. The second-order valence-corrected chi connectivity index (χ2v) is 9.48. The summed E-state index contributed by atoms with van der Waals surface area (Å²) < 4.78 is 30.3. The molecule has 1 N–H and O–H groups in total. The van der Waals surface area contributed by atoms with Gasteiger partial charge in [0.15, 0.2) is 11.5 Å². The van der Waals surface area contributed by atoms with E-state index in [1.165, 1.54) is 5.49 Å². The van der Waals surface area contributed by atoms with E-state index in [1.807, 2.05) is 28.8 Å². The summed E-state index contributed by atoms with van der Waals surface area (Å²) in [5.74, 6) is 0.741. The average molecular weight is 509 g/mol. The Morgan fingerprint density at radius 2 is 2.00 bits per heavy atom. The number of nitrogens with zero attached hydrogens (tertiary/aromatic N) is 7. The Morgan fingerprint density at radius 1 is 1.14 bits per heavy atom. The van der Waals surface area contributed by atoms with Crippen molar-refractivity contribution in [2.45, 2.75) is 6.04 Å². The number of anilines is 1. The molecule has 0 aliphatic carbocycles. The van der Waals surface area contributed by atoms with E-state index < -0.39 is 16.3 Å². The number of aromatic amines is 1. The molecule has 0 spiro atoms. The van der Waals surface area contributed by atoms with Crippen LogP contribution in [0.3, 0.4) is 0 Å². The molecule has 1 atom stereocenters. The minimum Gasteiger partial charge on any atom is -0.378 e. The average Bonchev–Trinajstić information content (AvgIpc) is 3.53. The van der Waals surface area contributed by atoms with Gasteiger partial charge in [-0.3, -0.25) is 19.2 Å². The predicted octanol–water partition coefficient (Wildman–Crippen LogP) is 0.563. The Labute approximate surface area is 207 Å². The third-order valence-electron chi connectivity index (χ3n) is 6.74. The molecule has 12 nitrogen and oxygen atoms in total. The number of ether oxygens (including phenoxy) is 1. The molecule has 2 fully saturated rings. The number of fused-ring (bicyclic) bond motifs is 2. The van der Waals surface area contributed by atoms with Crippen LogP contribution in [0.15, 0.2) is 36.8 Å². The smallest absolute Gasteiger partial charge is 0.225 e. The lowest BCUT2D eigenvalue weighted by molar-refractivity contribution is -0.122. The number of carbonyl (C=O) groups is 1. The molecule has 1 unspecified atom stereocenters. The second-order valence-electron chi connectivity index (χ2n) is 8.75. The largest absolute Gasteiger partial charge is 0.378 e. The summed E-state index contributed by atoms with van der Waals surface area (Å²) in [6.07, 6.45) is 6.20. The van der Waals surface area contributed by atoms with Gasteiger partial charge in [0.25, 0.3) is 0 Å². The van der Waals surface area contributed by atoms with E-state index in [2.05, 4.69) is 20.1 Å². The third-order valence-corrected chi connectivity index (χ3v) is 7.21. The van der Waals surface area contributed by atoms with Crippen molar-refractivity contribution < 1.29 is 17.9 Å². The lowest BCUT2D eigenvalue weighted by Crippen LogP contribution is -2.47. The molecule has 1 amide bonds. The van der Waals surface area contributed by atoms with Crippen molar-refractivity contribution in [2.75, 3.05) is 50.8 Å². The van der Waals surface area contributed by atoms with Gasteiger partial charge in [0.1, 0.15) is 5.49 Å². The van der Waals surface area contributed by atoms with Crippen LogP contribution in [0, 0.1) is 0 Å². The van der Waals surface area contributed by atoms with Gasteiger partial charge in [0.2, 0.25) is 16.7 Å². The first kappa shape index (κ1) is 22.6. The summed E-state index contributed by atoms with van der Waals surface area (Å²) in [6.45, 7) is 3.70. The molecule has 36 heavy (non-hydrogen) atoms. The van der Waals surface area contributed by atoms with E-state index >= 15 is 0 Å². The van der Waals surface area contributed by atoms with E-state index in [9.17, 15) is 13.2 Å². The molecule has 2 aliphatic rings. The van der Waals surface area contributed by atoms with Crippen molar-refractivity contribution in [1.82, 2.24) is 34.4 Å². The number of aromatic nitrogens is 5. The van der Waals surface area contributed by atoms with Gasteiger partial charge >= 0.3 is 0 Å². The molecule has 5 heterocycles. The number of morpholine rings is 1. The molecule has 3 aromatic heterocycles. The second kappa shape index (κ2) is 9.33. The summed E-state index contributed by atoms with van der Waals surface area (Å²) in [4.78, 5) is 27.4. The van der Waals surface area contributed by atoms with E-state index in [0.29, 0.717) is 57.3 Å². The minimum absolute atomic E-state index is 0.297. The molecule has 186 valence electrons. The number of H-pyrrole nitrogens is 1. The topological polar surface area (TPSA) is 129 Å². The van der Waals surface area contributed by atoms with Crippen molar-refractivity contribution in [2.24, 2.45) is 0 Å². The Kier molecular flexibility index (Phi) is 5.87. The van der Waals surface area contributed by atoms with Crippen LogP contribution in [-0.2, 0) is 19.8 Å². The van der Waals surface area contributed by atoms with Crippen LogP contribution in [0.5, 0.6) is 0 Å². The maximum Gasteiger partial charge on any atom is 0.225 e. The highest BCUT2D eigenvalue weighted by Crippen LogP contribution is 2.38. The third kappa shape index (κ3) is 3.90. The van der Waals surface area contributed by atoms with Crippen LogP contribution >= 0.6 is 0 Å². The van der Waals surface area contributed by atoms with Crippen LogP contribution in [0.1, 0.15) is 11.7 Å². The zero-order valence-electron chi connectivity index (χ0n) is 19.3. The fourth-order valence-electron chi connectivity index (χ4n) is 5.06. The predicted molar refractivity (Wildman–Crippen MR) is 133 cm³/mol. The number of amides is 1. The molecule has 13 heteroatoms. The molecular weight excluding hydrogens is 484 g/mol. The van der Waals surface area contributed by atoms with E-state index in [4.69, 9.17) is 9.72 Å². The van der Waals surface area contributed by atoms with E-state index in [1.54, 1.807) is 22.2 Å². The van der Waals surface area contributed by atoms with Crippen molar-refractivity contribution in [3.8, 4) is 11.3 Å². The number of hydrogen-bond acceptors (Lipinski definition) is 8. The Balaban J connectivity index is 1.60. The summed E-state index contributed by atoms with van der Waals surface area (Å²) in [5.41, 5.74) is 5.11. The number of piperazine rings is 1. The van der Waals surface area contributed by atoms with Crippen LogP contribution in [0.4, 0.5) is 5.82 Å². The van der Waals surface area contributed by atoms with Crippen LogP contribution in [0.25, 0.3) is 27.8 Å². The molecule has 2 aliphatic heterocycles. The van der Waals surface area contributed by atoms with Gasteiger partial charge in [-0.25, -0.2) is 9.97 Å². The Morgan fingerprint density at radius 3 is 2.81 bits per heavy atom. The van der Waals surface area contributed by atoms with Crippen molar-refractivity contribution in [1.29, 1.82) is 0 Å². The standard InChI is InChI=1S/C23H24N8O4S/c32-14-30-7-6-28(15-36(33)34)13-19(30)20-21(16-2-1-3-18-17(16)12-25-27-18)31-5-4-24-22(23(31)26-20)29-8-10-35-11-9-29/h1-5,12,14-15,19H,6-11,13H2,(H,25,27). The first-order chi connectivity index (χ1) is 17.6. The van der Waals surface area contributed by atoms with Crippen molar-refractivity contribution >= 4 is 44.6 Å². The Hall–Kier alpha value is -3.81. The van der Waals surface area contributed by atoms with Crippen LogP contribution < -0.4 is 4.90 Å². The van der Waals surface area contributed by atoms with Gasteiger partial charge in [-0.05, 0) is 6.07 Å². The van der Waals surface area contributed by atoms with Gasteiger partial charge in [-0.15, -0.1) is 0 Å². The number of benzene rings is 1. The number of rotatable bonds is 5. The fourth-order valence-corrected chi connectivity index (χ4v) is 5.49. The summed E-state index contributed by atoms with van der Waals surface area (Å²) in [5, 5.41) is 8.16. The maximum absolute atomic E-state index is 12.1. The van der Waals surface area contributed by atoms with Crippen LogP contribution in [-0.4, -0.2) is 101 Å². The van der Waals surface area contributed by atoms with Gasteiger partial charge < -0.3 is 14.5 Å². The van der Waals surface area contributed by atoms with Gasteiger partial charge in [0.05, 0.1) is 42.4 Å². The normalized spacial score (nSPS) is 19.2. The summed E-state index contributed by atoms with van der Waals surface area (Å²) in [7, 11) is -2.35. The zero-order chi connectivity index (χ0) is 24.6. The molecule has 1 aromatic carbocycles. The minimum atomic E-state index is -2.35. The highest BCUT2D eigenvalue weighted by Gasteiger charge is 2.33. The summed E-state index contributed by atoms with van der Waals surface area (Å²) >= 11 is 0. The number of imidazole rings is 1. The first-order valence-corrected chi connectivity index (χ1v) is 12.8.